The van der Waals surface area contributed by atoms with Crippen LogP contribution in [0, 0.1) is 5.82 Å². The first-order valence-electron chi connectivity index (χ1n) is 4.32. The number of hydrogen-bond donors (Lipinski definition) is 1. The lowest BCUT2D eigenvalue weighted by atomic mass is 10.1. The zero-order valence-corrected chi connectivity index (χ0v) is 8.29. The van der Waals surface area contributed by atoms with Gasteiger partial charge in [-0.25, -0.2) is 4.39 Å². The Morgan fingerprint density at radius 2 is 2.21 bits per heavy atom. The normalized spacial score (nSPS) is 12.6. The molecule has 0 bridgehead atoms. The Bertz CT molecular complexity index is 302. The topological polar surface area (TPSA) is 44.5 Å². The van der Waals surface area contributed by atoms with Crippen LogP contribution >= 0.6 is 0 Å². The van der Waals surface area contributed by atoms with Crippen molar-refractivity contribution in [2.75, 3.05) is 13.9 Å². The second-order valence-corrected chi connectivity index (χ2v) is 3.02. The number of ether oxygens (including phenoxy) is 2. The lowest BCUT2D eigenvalue weighted by Crippen LogP contribution is -2.09. The molecule has 2 N–H and O–H groups in total. The van der Waals surface area contributed by atoms with Crippen LogP contribution in [0.25, 0.3) is 0 Å². The first-order valence-corrected chi connectivity index (χ1v) is 4.32. The smallest absolute Gasteiger partial charge is 0.188 e. The summed E-state index contributed by atoms with van der Waals surface area (Å²) in [5.74, 6) is 0.0855. The second kappa shape index (κ2) is 4.93. The van der Waals surface area contributed by atoms with Gasteiger partial charge in [-0.1, -0.05) is 6.07 Å². The van der Waals surface area contributed by atoms with E-state index in [1.807, 2.05) is 6.92 Å². The lowest BCUT2D eigenvalue weighted by molar-refractivity contribution is 0.0500. The van der Waals surface area contributed by atoms with Crippen molar-refractivity contribution in [2.24, 2.45) is 5.73 Å². The van der Waals surface area contributed by atoms with E-state index in [2.05, 4.69) is 0 Å². The molecule has 0 amide bonds. The average Bonchev–Trinajstić information content (AvgIpc) is 2.14. The summed E-state index contributed by atoms with van der Waals surface area (Å²) in [6.07, 6.45) is 0. The Hall–Kier alpha value is -1.13. The Morgan fingerprint density at radius 1 is 1.50 bits per heavy atom. The molecule has 0 saturated heterocycles. The molecular weight excluding hydrogens is 185 g/mol. The van der Waals surface area contributed by atoms with Gasteiger partial charge in [-0.05, 0) is 13.0 Å². The summed E-state index contributed by atoms with van der Waals surface area (Å²) in [6.45, 7) is 1.90. The summed E-state index contributed by atoms with van der Waals surface area (Å²) in [7, 11) is 1.50. The van der Waals surface area contributed by atoms with E-state index < -0.39 is 0 Å². The van der Waals surface area contributed by atoms with Gasteiger partial charge in [0, 0.05) is 24.8 Å². The quantitative estimate of drug-likeness (QED) is 0.752. The van der Waals surface area contributed by atoms with Crippen LogP contribution in [0.2, 0.25) is 0 Å². The highest BCUT2D eigenvalue weighted by atomic mass is 19.1. The number of hydrogen-bond acceptors (Lipinski definition) is 3. The molecule has 14 heavy (non-hydrogen) atoms. The van der Waals surface area contributed by atoms with Gasteiger partial charge in [-0.2, -0.15) is 0 Å². The lowest BCUT2D eigenvalue weighted by Gasteiger charge is -2.13. The molecule has 0 saturated carbocycles. The molecule has 0 heterocycles. The highest BCUT2D eigenvalue weighted by Crippen LogP contribution is 2.24. The van der Waals surface area contributed by atoms with Gasteiger partial charge in [0.05, 0.1) is 0 Å². The fourth-order valence-electron chi connectivity index (χ4n) is 1.13. The number of methoxy groups -OCH3 is 1. The van der Waals surface area contributed by atoms with Gasteiger partial charge in [0.1, 0.15) is 11.6 Å². The maximum absolute atomic E-state index is 12.9. The summed E-state index contributed by atoms with van der Waals surface area (Å²) in [4.78, 5) is 0. The van der Waals surface area contributed by atoms with Crippen LogP contribution in [0.15, 0.2) is 18.2 Å². The van der Waals surface area contributed by atoms with E-state index in [9.17, 15) is 4.39 Å². The molecule has 4 heteroatoms. The highest BCUT2D eigenvalue weighted by molar-refractivity contribution is 5.35. The van der Waals surface area contributed by atoms with Gasteiger partial charge in [0.2, 0.25) is 0 Å². The Kier molecular flexibility index (Phi) is 3.85. The van der Waals surface area contributed by atoms with Crippen LogP contribution in [0.5, 0.6) is 5.75 Å². The number of nitrogens with two attached hydrogens (primary N) is 1. The zero-order chi connectivity index (χ0) is 10.6. The molecule has 1 aromatic rings. The van der Waals surface area contributed by atoms with E-state index in [1.165, 1.54) is 19.2 Å². The maximum atomic E-state index is 12.9. The summed E-state index contributed by atoms with van der Waals surface area (Å²) >= 11 is 0. The highest BCUT2D eigenvalue weighted by Gasteiger charge is 2.08. The van der Waals surface area contributed by atoms with Crippen LogP contribution in [-0.4, -0.2) is 13.9 Å². The van der Waals surface area contributed by atoms with Crippen molar-refractivity contribution in [3.8, 4) is 5.75 Å². The monoisotopic (exact) mass is 199 g/mol. The van der Waals surface area contributed by atoms with Gasteiger partial charge >= 0.3 is 0 Å². The minimum atomic E-state index is -0.347. The summed E-state index contributed by atoms with van der Waals surface area (Å²) < 4.78 is 22.8. The predicted molar refractivity (Wildman–Crippen MR) is 51.5 cm³/mol. The summed E-state index contributed by atoms with van der Waals surface area (Å²) in [5, 5.41) is 0. The van der Waals surface area contributed by atoms with E-state index in [1.54, 1.807) is 6.07 Å². The minimum absolute atomic E-state index is 0.0865. The maximum Gasteiger partial charge on any atom is 0.188 e. The van der Waals surface area contributed by atoms with Crippen molar-refractivity contribution in [1.82, 2.24) is 0 Å². The molecule has 0 aliphatic carbocycles. The standard InChI is InChI=1S/C10H14FNO2/c1-7(12)9-4-3-8(11)5-10(9)14-6-13-2/h3-5,7H,6,12H2,1-2H3. The Labute approximate surface area is 82.6 Å². The molecule has 1 unspecified atom stereocenters. The number of halogens is 1. The van der Waals surface area contributed by atoms with E-state index in [0.29, 0.717) is 5.75 Å². The number of rotatable bonds is 4. The second-order valence-electron chi connectivity index (χ2n) is 3.02. The van der Waals surface area contributed by atoms with Gasteiger partial charge in [-0.15, -0.1) is 0 Å². The van der Waals surface area contributed by atoms with Crippen molar-refractivity contribution in [1.29, 1.82) is 0 Å². The van der Waals surface area contributed by atoms with Crippen LogP contribution in [0.4, 0.5) is 4.39 Å². The molecule has 1 atom stereocenters. The molecule has 1 rings (SSSR count). The summed E-state index contributed by atoms with van der Waals surface area (Å²) in [6, 6.07) is 4.09. The SMILES string of the molecule is COCOc1cc(F)ccc1C(C)N. The molecule has 0 aliphatic heterocycles. The van der Waals surface area contributed by atoms with Crippen molar-refractivity contribution in [2.45, 2.75) is 13.0 Å². The van der Waals surface area contributed by atoms with Crippen molar-refractivity contribution in [3.05, 3.63) is 29.6 Å². The van der Waals surface area contributed by atoms with Gasteiger partial charge in [0.15, 0.2) is 6.79 Å². The molecule has 0 fully saturated rings. The summed E-state index contributed by atoms with van der Waals surface area (Å²) in [5.41, 5.74) is 6.46. The van der Waals surface area contributed by atoms with Crippen molar-refractivity contribution in [3.63, 3.8) is 0 Å². The molecule has 0 aromatic heterocycles. The molecule has 3 nitrogen and oxygen atoms in total. The molecule has 1 aromatic carbocycles. The first-order chi connectivity index (χ1) is 6.65. The molecule has 78 valence electrons. The molecule has 0 radical (unpaired) electrons. The predicted octanol–water partition coefficient (Wildman–Crippen LogP) is 1.83. The van der Waals surface area contributed by atoms with Crippen LogP contribution in [-0.2, 0) is 4.74 Å². The fourth-order valence-corrected chi connectivity index (χ4v) is 1.13. The molecule has 0 aliphatic rings. The van der Waals surface area contributed by atoms with Crippen LogP contribution < -0.4 is 10.5 Å². The third-order valence-electron chi connectivity index (χ3n) is 1.80. The van der Waals surface area contributed by atoms with Crippen LogP contribution in [0.1, 0.15) is 18.5 Å². The van der Waals surface area contributed by atoms with E-state index in [4.69, 9.17) is 15.2 Å². The third kappa shape index (κ3) is 2.68. The van der Waals surface area contributed by atoms with Gasteiger partial charge in [0.25, 0.3) is 0 Å². The fraction of sp³-hybridized carbons (Fsp3) is 0.400. The largest absolute Gasteiger partial charge is 0.467 e. The molecular formula is C10H14FNO2. The minimum Gasteiger partial charge on any atom is -0.467 e. The van der Waals surface area contributed by atoms with Gasteiger partial charge in [-0.3, -0.25) is 0 Å². The van der Waals surface area contributed by atoms with Gasteiger partial charge < -0.3 is 15.2 Å². The van der Waals surface area contributed by atoms with E-state index in [0.717, 1.165) is 5.56 Å². The zero-order valence-electron chi connectivity index (χ0n) is 8.29. The van der Waals surface area contributed by atoms with Crippen molar-refractivity contribution >= 4 is 0 Å². The first kappa shape index (κ1) is 10.9. The average molecular weight is 199 g/mol. The number of benzene rings is 1. The molecule has 0 spiro atoms. The Morgan fingerprint density at radius 3 is 2.79 bits per heavy atom. The van der Waals surface area contributed by atoms with Crippen LogP contribution in [0.3, 0.4) is 0 Å². The third-order valence-corrected chi connectivity index (χ3v) is 1.80. The van der Waals surface area contributed by atoms with E-state index in [-0.39, 0.29) is 18.7 Å². The van der Waals surface area contributed by atoms with Crippen molar-refractivity contribution < 1.29 is 13.9 Å². The Balaban J connectivity index is 2.91. The van der Waals surface area contributed by atoms with E-state index >= 15 is 0 Å².